The van der Waals surface area contributed by atoms with Crippen molar-refractivity contribution in [2.24, 2.45) is 5.73 Å². The number of amides is 1. The van der Waals surface area contributed by atoms with E-state index in [1.807, 2.05) is 0 Å². The molecule has 0 bridgehead atoms. The SMILES string of the molecule is NC(=O)c1noc(-c2cccc(N)c2)n1. The summed E-state index contributed by atoms with van der Waals surface area (Å²) in [5, 5.41) is 3.42. The van der Waals surface area contributed by atoms with Gasteiger partial charge in [-0.25, -0.2) is 0 Å². The third-order valence-corrected chi connectivity index (χ3v) is 1.78. The van der Waals surface area contributed by atoms with Gasteiger partial charge in [0.1, 0.15) is 0 Å². The summed E-state index contributed by atoms with van der Waals surface area (Å²) in [6, 6.07) is 6.89. The molecule has 0 atom stereocenters. The number of carbonyl (C=O) groups is 1. The van der Waals surface area contributed by atoms with Crippen LogP contribution in [0.1, 0.15) is 10.6 Å². The summed E-state index contributed by atoms with van der Waals surface area (Å²) in [6.07, 6.45) is 0. The molecule has 0 aliphatic rings. The Kier molecular flexibility index (Phi) is 2.09. The number of anilines is 1. The van der Waals surface area contributed by atoms with Gasteiger partial charge in [-0.3, -0.25) is 4.79 Å². The molecular formula is C9H8N4O2. The molecular weight excluding hydrogens is 196 g/mol. The van der Waals surface area contributed by atoms with E-state index >= 15 is 0 Å². The Balaban J connectivity index is 2.41. The average molecular weight is 204 g/mol. The van der Waals surface area contributed by atoms with E-state index < -0.39 is 5.91 Å². The highest BCUT2D eigenvalue weighted by Crippen LogP contribution is 2.18. The number of nitrogen functional groups attached to an aromatic ring is 1. The van der Waals surface area contributed by atoms with Crippen molar-refractivity contribution in [3.8, 4) is 11.5 Å². The van der Waals surface area contributed by atoms with E-state index in [0.29, 0.717) is 11.3 Å². The van der Waals surface area contributed by atoms with Crippen molar-refractivity contribution < 1.29 is 9.32 Å². The molecule has 2 aromatic rings. The summed E-state index contributed by atoms with van der Waals surface area (Å²) in [6.45, 7) is 0. The molecule has 1 amide bonds. The maximum absolute atomic E-state index is 10.7. The number of nitrogens with zero attached hydrogens (tertiary/aromatic N) is 2. The Morgan fingerprint density at radius 1 is 1.40 bits per heavy atom. The Labute approximate surface area is 84.9 Å². The van der Waals surface area contributed by atoms with Gasteiger partial charge in [0.25, 0.3) is 17.6 Å². The number of nitrogens with two attached hydrogens (primary N) is 2. The van der Waals surface area contributed by atoms with E-state index in [2.05, 4.69) is 10.1 Å². The largest absolute Gasteiger partial charge is 0.399 e. The minimum atomic E-state index is -0.728. The second kappa shape index (κ2) is 3.41. The van der Waals surface area contributed by atoms with Crippen LogP contribution in [0.3, 0.4) is 0 Å². The van der Waals surface area contributed by atoms with Gasteiger partial charge in [0.05, 0.1) is 0 Å². The summed E-state index contributed by atoms with van der Waals surface area (Å²) in [5.41, 5.74) is 11.8. The molecule has 1 aromatic carbocycles. The van der Waals surface area contributed by atoms with Gasteiger partial charge in [-0.15, -0.1) is 0 Å². The number of benzene rings is 1. The van der Waals surface area contributed by atoms with Crippen LogP contribution in [0.5, 0.6) is 0 Å². The van der Waals surface area contributed by atoms with Crippen molar-refractivity contribution in [1.82, 2.24) is 10.1 Å². The first-order valence-corrected chi connectivity index (χ1v) is 4.16. The molecule has 0 saturated carbocycles. The van der Waals surface area contributed by atoms with Gasteiger partial charge in [0.15, 0.2) is 0 Å². The Bertz CT molecular complexity index is 506. The molecule has 0 aliphatic carbocycles. The second-order valence-corrected chi connectivity index (χ2v) is 2.91. The zero-order valence-corrected chi connectivity index (χ0v) is 7.68. The van der Waals surface area contributed by atoms with Gasteiger partial charge >= 0.3 is 0 Å². The topological polar surface area (TPSA) is 108 Å². The molecule has 15 heavy (non-hydrogen) atoms. The maximum Gasteiger partial charge on any atom is 0.290 e. The highest BCUT2D eigenvalue weighted by atomic mass is 16.5. The van der Waals surface area contributed by atoms with Crippen molar-refractivity contribution in [3.63, 3.8) is 0 Å². The normalized spacial score (nSPS) is 10.1. The first-order valence-electron chi connectivity index (χ1n) is 4.16. The van der Waals surface area contributed by atoms with Crippen LogP contribution in [-0.2, 0) is 0 Å². The minimum Gasteiger partial charge on any atom is -0.399 e. The maximum atomic E-state index is 10.7. The lowest BCUT2D eigenvalue weighted by Crippen LogP contribution is -2.12. The summed E-state index contributed by atoms with van der Waals surface area (Å²) < 4.78 is 4.85. The molecule has 0 fully saturated rings. The number of primary amides is 1. The Morgan fingerprint density at radius 3 is 2.80 bits per heavy atom. The fourth-order valence-corrected chi connectivity index (χ4v) is 1.11. The molecule has 6 nitrogen and oxygen atoms in total. The van der Waals surface area contributed by atoms with Crippen LogP contribution in [0.2, 0.25) is 0 Å². The van der Waals surface area contributed by atoms with E-state index in [1.165, 1.54) is 0 Å². The predicted molar refractivity (Wildman–Crippen MR) is 52.7 cm³/mol. The van der Waals surface area contributed by atoms with Crippen LogP contribution in [0, 0.1) is 0 Å². The summed E-state index contributed by atoms with van der Waals surface area (Å²) in [4.78, 5) is 14.5. The minimum absolute atomic E-state index is 0.146. The lowest BCUT2D eigenvalue weighted by Gasteiger charge is -1.94. The van der Waals surface area contributed by atoms with Crippen LogP contribution in [0.4, 0.5) is 5.69 Å². The highest BCUT2D eigenvalue weighted by Gasteiger charge is 2.12. The smallest absolute Gasteiger partial charge is 0.290 e. The molecule has 1 aromatic heterocycles. The van der Waals surface area contributed by atoms with Gasteiger partial charge in [0.2, 0.25) is 0 Å². The van der Waals surface area contributed by atoms with E-state index in [9.17, 15) is 4.79 Å². The van der Waals surface area contributed by atoms with E-state index in [0.717, 1.165) is 0 Å². The molecule has 4 N–H and O–H groups in total. The average Bonchev–Trinajstić information content (AvgIpc) is 2.66. The van der Waals surface area contributed by atoms with Gasteiger partial charge in [-0.05, 0) is 18.2 Å². The third-order valence-electron chi connectivity index (χ3n) is 1.78. The highest BCUT2D eigenvalue weighted by molar-refractivity contribution is 5.89. The summed E-state index contributed by atoms with van der Waals surface area (Å²) >= 11 is 0. The number of aromatic nitrogens is 2. The first-order chi connectivity index (χ1) is 7.16. The van der Waals surface area contributed by atoms with Crippen molar-refractivity contribution in [2.45, 2.75) is 0 Å². The first kappa shape index (κ1) is 9.20. The van der Waals surface area contributed by atoms with Crippen molar-refractivity contribution in [2.75, 3.05) is 5.73 Å². The molecule has 1 heterocycles. The van der Waals surface area contributed by atoms with E-state index in [1.54, 1.807) is 24.3 Å². The van der Waals surface area contributed by atoms with Crippen LogP contribution >= 0.6 is 0 Å². The fraction of sp³-hybridized carbons (Fsp3) is 0. The fourth-order valence-electron chi connectivity index (χ4n) is 1.11. The van der Waals surface area contributed by atoms with Crippen LogP contribution in [-0.4, -0.2) is 16.0 Å². The standard InChI is InChI=1S/C9H8N4O2/c10-6-3-1-2-5(4-6)9-12-8(7(11)14)13-15-9/h1-4H,10H2,(H2,11,14). The van der Waals surface area contributed by atoms with Gasteiger partial charge in [-0.1, -0.05) is 11.2 Å². The summed E-state index contributed by atoms with van der Waals surface area (Å²) in [7, 11) is 0. The lowest BCUT2D eigenvalue weighted by atomic mass is 10.2. The monoisotopic (exact) mass is 204 g/mol. The molecule has 6 heteroatoms. The lowest BCUT2D eigenvalue weighted by molar-refractivity contribution is 0.0987. The predicted octanol–water partition coefficient (Wildman–Crippen LogP) is 0.418. The van der Waals surface area contributed by atoms with Crippen molar-refractivity contribution in [1.29, 1.82) is 0 Å². The molecule has 76 valence electrons. The van der Waals surface area contributed by atoms with Gasteiger partial charge in [0, 0.05) is 11.3 Å². The Morgan fingerprint density at radius 2 is 2.20 bits per heavy atom. The van der Waals surface area contributed by atoms with Crippen molar-refractivity contribution in [3.05, 3.63) is 30.1 Å². The quantitative estimate of drug-likeness (QED) is 0.689. The number of rotatable bonds is 2. The number of hydrogen-bond acceptors (Lipinski definition) is 5. The van der Waals surface area contributed by atoms with Gasteiger partial charge in [-0.2, -0.15) is 4.98 Å². The summed E-state index contributed by atoms with van der Waals surface area (Å²) in [5.74, 6) is -0.655. The van der Waals surface area contributed by atoms with Crippen LogP contribution < -0.4 is 11.5 Å². The Hall–Kier alpha value is -2.37. The molecule has 0 saturated heterocycles. The molecule has 0 aliphatic heterocycles. The number of carbonyl (C=O) groups excluding carboxylic acids is 1. The van der Waals surface area contributed by atoms with Gasteiger partial charge < -0.3 is 16.0 Å². The molecule has 2 rings (SSSR count). The van der Waals surface area contributed by atoms with Crippen LogP contribution in [0.25, 0.3) is 11.5 Å². The van der Waals surface area contributed by atoms with E-state index in [-0.39, 0.29) is 11.7 Å². The molecule has 0 radical (unpaired) electrons. The van der Waals surface area contributed by atoms with Crippen LogP contribution in [0.15, 0.2) is 28.8 Å². The van der Waals surface area contributed by atoms with Crippen molar-refractivity contribution >= 4 is 11.6 Å². The molecule has 0 spiro atoms. The van der Waals surface area contributed by atoms with E-state index in [4.69, 9.17) is 16.0 Å². The zero-order valence-electron chi connectivity index (χ0n) is 7.68. The number of hydrogen-bond donors (Lipinski definition) is 2. The second-order valence-electron chi connectivity index (χ2n) is 2.91. The zero-order chi connectivity index (χ0) is 10.8. The molecule has 0 unspecified atom stereocenters. The third kappa shape index (κ3) is 1.78.